The van der Waals surface area contributed by atoms with Crippen LogP contribution in [0, 0.1) is 0 Å². The van der Waals surface area contributed by atoms with Crippen LogP contribution in [0.5, 0.6) is 0 Å². The molecule has 2 nitrogen and oxygen atoms in total. The van der Waals surface area contributed by atoms with Gasteiger partial charge in [-0.15, -0.1) is 11.3 Å². The molecule has 3 heteroatoms. The summed E-state index contributed by atoms with van der Waals surface area (Å²) < 4.78 is 0. The lowest BCUT2D eigenvalue weighted by atomic mass is 9.87. The van der Waals surface area contributed by atoms with E-state index in [1.54, 1.807) is 11.3 Å². The smallest absolute Gasteiger partial charge is 0.150 e. The zero-order valence-electron chi connectivity index (χ0n) is 13.2. The number of rotatable bonds is 2. The zero-order valence-corrected chi connectivity index (χ0v) is 14.0. The third kappa shape index (κ3) is 1.79. The maximum Gasteiger partial charge on any atom is 0.150 e. The first-order chi connectivity index (χ1) is 11.8. The Balaban J connectivity index is 1.82. The third-order valence-corrected chi connectivity index (χ3v) is 6.50. The number of aryl methyl sites for hydroxylation is 1. The number of hydrogen-bond donors (Lipinski definition) is 1. The number of hydrogen-bond acceptors (Lipinski definition) is 3. The number of aldehydes is 1. The second-order valence-corrected chi connectivity index (χ2v) is 7.76. The minimum absolute atomic E-state index is 0.161. The van der Waals surface area contributed by atoms with Crippen LogP contribution in [0.2, 0.25) is 0 Å². The lowest BCUT2D eigenvalue weighted by Crippen LogP contribution is -2.04. The Bertz CT molecular complexity index is 985. The van der Waals surface area contributed by atoms with Crippen LogP contribution in [0.3, 0.4) is 0 Å². The molecule has 0 spiro atoms. The molecule has 0 aliphatic heterocycles. The van der Waals surface area contributed by atoms with Gasteiger partial charge < -0.3 is 5.73 Å². The Morgan fingerprint density at radius 3 is 2.75 bits per heavy atom. The molecule has 2 N–H and O–H groups in total. The molecule has 5 rings (SSSR count). The van der Waals surface area contributed by atoms with Crippen molar-refractivity contribution in [2.75, 3.05) is 5.73 Å². The molecule has 0 amide bonds. The molecule has 118 valence electrons. The van der Waals surface area contributed by atoms with Crippen molar-refractivity contribution in [3.05, 3.63) is 75.2 Å². The molecule has 1 aromatic heterocycles. The van der Waals surface area contributed by atoms with Crippen molar-refractivity contribution in [1.82, 2.24) is 0 Å². The van der Waals surface area contributed by atoms with Gasteiger partial charge in [0.25, 0.3) is 0 Å². The van der Waals surface area contributed by atoms with E-state index in [1.165, 1.54) is 44.7 Å². The van der Waals surface area contributed by atoms with Crippen LogP contribution in [0.15, 0.2) is 42.5 Å². The van der Waals surface area contributed by atoms with Gasteiger partial charge in [0.05, 0.1) is 5.00 Å². The number of carbonyl (C=O) groups is 1. The molecule has 1 unspecified atom stereocenters. The maximum atomic E-state index is 11.3. The van der Waals surface area contributed by atoms with Crippen molar-refractivity contribution in [2.45, 2.75) is 25.2 Å². The zero-order chi connectivity index (χ0) is 16.3. The van der Waals surface area contributed by atoms with E-state index in [-0.39, 0.29) is 5.92 Å². The van der Waals surface area contributed by atoms with Crippen LogP contribution in [0.4, 0.5) is 5.00 Å². The fourth-order valence-electron chi connectivity index (χ4n) is 4.38. The van der Waals surface area contributed by atoms with Gasteiger partial charge in [-0.25, -0.2) is 0 Å². The van der Waals surface area contributed by atoms with Gasteiger partial charge in [-0.3, -0.25) is 4.79 Å². The van der Waals surface area contributed by atoms with Crippen LogP contribution in [-0.2, 0) is 12.8 Å². The van der Waals surface area contributed by atoms with E-state index in [0.29, 0.717) is 0 Å². The first kappa shape index (κ1) is 14.0. The predicted octanol–water partition coefficient (Wildman–Crippen LogP) is 4.79. The highest BCUT2D eigenvalue weighted by Crippen LogP contribution is 2.53. The highest BCUT2D eigenvalue weighted by atomic mass is 32.1. The molecule has 2 aliphatic rings. The van der Waals surface area contributed by atoms with E-state index in [2.05, 4.69) is 30.3 Å². The standard InChI is InChI=1S/C21H17NOS/c22-21-20(16-6-3-7-18(16)24-21)19-15-5-2-1-4-13(15)14-9-8-12(11-23)10-17(14)19/h1-2,4-5,8-11,19H,3,6-7,22H2. The van der Waals surface area contributed by atoms with Gasteiger partial charge in [0.1, 0.15) is 6.29 Å². The molecule has 2 aliphatic carbocycles. The summed E-state index contributed by atoms with van der Waals surface area (Å²) in [5, 5.41) is 0.948. The molecule has 0 bridgehead atoms. The highest BCUT2D eigenvalue weighted by Gasteiger charge is 2.35. The number of fused-ring (bicyclic) bond motifs is 4. The molecule has 0 saturated heterocycles. The average molecular weight is 331 g/mol. The first-order valence-electron chi connectivity index (χ1n) is 8.36. The van der Waals surface area contributed by atoms with Gasteiger partial charge in [0.2, 0.25) is 0 Å². The number of nitrogen functional groups attached to an aromatic ring is 1. The summed E-state index contributed by atoms with van der Waals surface area (Å²) in [5.41, 5.74) is 15.0. The quantitative estimate of drug-likeness (QED) is 0.537. The highest BCUT2D eigenvalue weighted by molar-refractivity contribution is 7.16. The van der Waals surface area contributed by atoms with Crippen molar-refractivity contribution in [2.24, 2.45) is 0 Å². The number of benzene rings is 2. The largest absolute Gasteiger partial charge is 0.390 e. The van der Waals surface area contributed by atoms with Crippen molar-refractivity contribution >= 4 is 22.6 Å². The van der Waals surface area contributed by atoms with Gasteiger partial charge in [-0.2, -0.15) is 0 Å². The summed E-state index contributed by atoms with van der Waals surface area (Å²) in [6, 6.07) is 14.6. The number of thiophene rings is 1. The van der Waals surface area contributed by atoms with Crippen molar-refractivity contribution in [3.8, 4) is 11.1 Å². The van der Waals surface area contributed by atoms with Crippen molar-refractivity contribution in [3.63, 3.8) is 0 Å². The van der Waals surface area contributed by atoms with Gasteiger partial charge >= 0.3 is 0 Å². The van der Waals surface area contributed by atoms with Crippen LogP contribution in [0.25, 0.3) is 11.1 Å². The van der Waals surface area contributed by atoms with Crippen LogP contribution >= 0.6 is 11.3 Å². The predicted molar refractivity (Wildman–Crippen MR) is 99.0 cm³/mol. The second kappa shape index (κ2) is 5.05. The molecule has 0 radical (unpaired) electrons. The fraction of sp³-hybridized carbons (Fsp3) is 0.190. The van der Waals surface area contributed by atoms with Crippen LogP contribution in [-0.4, -0.2) is 6.29 Å². The van der Waals surface area contributed by atoms with E-state index in [0.717, 1.165) is 29.7 Å². The summed E-state index contributed by atoms with van der Waals surface area (Å²) in [7, 11) is 0. The normalized spacial score (nSPS) is 17.4. The minimum atomic E-state index is 0.161. The SMILES string of the molecule is Nc1sc2c(c1C1c3ccccc3-c3ccc(C=O)cc31)CCC2. The lowest BCUT2D eigenvalue weighted by Gasteiger charge is -2.16. The Kier molecular flexibility index (Phi) is 2.95. The average Bonchev–Trinajstić information content (AvgIpc) is 3.26. The van der Waals surface area contributed by atoms with Crippen molar-refractivity contribution < 1.29 is 4.79 Å². The van der Waals surface area contributed by atoms with Gasteiger partial charge in [-0.1, -0.05) is 36.4 Å². The van der Waals surface area contributed by atoms with E-state index in [1.807, 2.05) is 12.1 Å². The lowest BCUT2D eigenvalue weighted by molar-refractivity contribution is 0.112. The number of anilines is 1. The molecule has 0 saturated carbocycles. The van der Waals surface area contributed by atoms with E-state index in [9.17, 15) is 4.79 Å². The Labute approximate surface area is 145 Å². The second-order valence-electron chi connectivity index (χ2n) is 6.62. The van der Waals surface area contributed by atoms with Crippen LogP contribution < -0.4 is 5.73 Å². The minimum Gasteiger partial charge on any atom is -0.390 e. The molecular formula is C21H17NOS. The molecule has 24 heavy (non-hydrogen) atoms. The number of carbonyl (C=O) groups excluding carboxylic acids is 1. The molecule has 0 fully saturated rings. The van der Waals surface area contributed by atoms with Gasteiger partial charge in [-0.05, 0) is 53.1 Å². The van der Waals surface area contributed by atoms with Gasteiger partial charge in [0, 0.05) is 21.9 Å². The van der Waals surface area contributed by atoms with E-state index in [4.69, 9.17) is 5.73 Å². The topological polar surface area (TPSA) is 43.1 Å². The van der Waals surface area contributed by atoms with Crippen molar-refractivity contribution in [1.29, 1.82) is 0 Å². The fourth-order valence-corrected chi connectivity index (χ4v) is 5.58. The molecule has 3 aromatic rings. The van der Waals surface area contributed by atoms with E-state index >= 15 is 0 Å². The number of nitrogens with two attached hydrogens (primary N) is 1. The summed E-state index contributed by atoms with van der Waals surface area (Å²) >= 11 is 1.76. The molecule has 2 aromatic carbocycles. The first-order valence-corrected chi connectivity index (χ1v) is 9.18. The Hall–Kier alpha value is -2.39. The summed E-state index contributed by atoms with van der Waals surface area (Å²) in [6.45, 7) is 0. The molecule has 1 atom stereocenters. The monoisotopic (exact) mass is 331 g/mol. The third-order valence-electron chi connectivity index (χ3n) is 5.36. The maximum absolute atomic E-state index is 11.3. The molecule has 1 heterocycles. The van der Waals surface area contributed by atoms with E-state index < -0.39 is 0 Å². The van der Waals surface area contributed by atoms with Gasteiger partial charge in [0.15, 0.2) is 0 Å². The Morgan fingerprint density at radius 1 is 1.04 bits per heavy atom. The summed E-state index contributed by atoms with van der Waals surface area (Å²) in [6.07, 6.45) is 4.44. The summed E-state index contributed by atoms with van der Waals surface area (Å²) in [5.74, 6) is 0.161. The Morgan fingerprint density at radius 2 is 1.88 bits per heavy atom. The summed E-state index contributed by atoms with van der Waals surface area (Å²) in [4.78, 5) is 12.8. The van der Waals surface area contributed by atoms with Crippen LogP contribution in [0.1, 0.15) is 49.8 Å². The molecular weight excluding hydrogens is 314 g/mol.